The minimum Gasteiger partial charge on any atom is -0.207 e. The van der Waals surface area contributed by atoms with Gasteiger partial charge in [0.25, 0.3) is 0 Å². The first kappa shape index (κ1) is 15.5. The van der Waals surface area contributed by atoms with E-state index in [1.165, 1.54) is 19.1 Å². The van der Waals surface area contributed by atoms with Crippen molar-refractivity contribution >= 4 is 10.0 Å². The summed E-state index contributed by atoms with van der Waals surface area (Å²) in [5.41, 5.74) is -0.0312. The van der Waals surface area contributed by atoms with Crippen LogP contribution < -0.4 is 4.72 Å². The van der Waals surface area contributed by atoms with Gasteiger partial charge in [-0.15, -0.1) is 0 Å². The third-order valence-electron chi connectivity index (χ3n) is 2.89. The van der Waals surface area contributed by atoms with Crippen LogP contribution in [0.1, 0.15) is 18.5 Å². The zero-order valence-electron chi connectivity index (χ0n) is 11.0. The number of hydrogen-bond acceptors (Lipinski definition) is 2. The van der Waals surface area contributed by atoms with Gasteiger partial charge in [-0.2, -0.15) is 0 Å². The van der Waals surface area contributed by atoms with Gasteiger partial charge in [-0.25, -0.2) is 26.3 Å². The molecule has 112 valence electrons. The Bertz CT molecular complexity index is 763. The smallest absolute Gasteiger partial charge is 0.207 e. The van der Waals surface area contributed by atoms with E-state index >= 15 is 0 Å². The molecule has 0 aliphatic carbocycles. The Labute approximate surface area is 120 Å². The Morgan fingerprint density at radius 1 is 1.00 bits per heavy atom. The Morgan fingerprint density at radius 2 is 1.67 bits per heavy atom. The summed E-state index contributed by atoms with van der Waals surface area (Å²) in [6.45, 7) is 1.38. The van der Waals surface area contributed by atoms with Crippen LogP contribution in [0.2, 0.25) is 0 Å². The highest BCUT2D eigenvalue weighted by Crippen LogP contribution is 2.21. The zero-order chi connectivity index (χ0) is 15.6. The van der Waals surface area contributed by atoms with E-state index in [-0.39, 0.29) is 5.56 Å². The van der Waals surface area contributed by atoms with E-state index in [1.807, 2.05) is 0 Å². The lowest BCUT2D eigenvalue weighted by Gasteiger charge is -2.15. The van der Waals surface area contributed by atoms with E-state index in [9.17, 15) is 21.6 Å². The SMILES string of the molecule is C[C@H](NS(=O)(=O)c1ccccc1F)c1ccc(F)cc1F. The van der Waals surface area contributed by atoms with E-state index in [1.54, 1.807) is 0 Å². The van der Waals surface area contributed by atoms with Gasteiger partial charge in [0.15, 0.2) is 0 Å². The van der Waals surface area contributed by atoms with Gasteiger partial charge in [0.2, 0.25) is 10.0 Å². The lowest BCUT2D eigenvalue weighted by molar-refractivity contribution is 0.532. The van der Waals surface area contributed by atoms with Crippen molar-refractivity contribution in [1.82, 2.24) is 4.72 Å². The Morgan fingerprint density at radius 3 is 2.29 bits per heavy atom. The lowest BCUT2D eigenvalue weighted by Crippen LogP contribution is -2.28. The fourth-order valence-corrected chi connectivity index (χ4v) is 3.18. The molecule has 21 heavy (non-hydrogen) atoms. The summed E-state index contributed by atoms with van der Waals surface area (Å²) in [7, 11) is -4.15. The van der Waals surface area contributed by atoms with Crippen LogP contribution in [0.15, 0.2) is 47.4 Å². The van der Waals surface area contributed by atoms with E-state index < -0.39 is 38.4 Å². The van der Waals surface area contributed by atoms with Crippen molar-refractivity contribution < 1.29 is 21.6 Å². The van der Waals surface area contributed by atoms with Crippen LogP contribution in [-0.2, 0) is 10.0 Å². The van der Waals surface area contributed by atoms with Crippen LogP contribution in [-0.4, -0.2) is 8.42 Å². The summed E-state index contributed by atoms with van der Waals surface area (Å²) < 4.78 is 66.3. The average molecular weight is 315 g/mol. The molecule has 0 fully saturated rings. The van der Waals surface area contributed by atoms with Crippen molar-refractivity contribution in [3.05, 3.63) is 65.5 Å². The maximum Gasteiger partial charge on any atom is 0.244 e. The van der Waals surface area contributed by atoms with Crippen molar-refractivity contribution in [2.75, 3.05) is 0 Å². The summed E-state index contributed by atoms with van der Waals surface area (Å²) >= 11 is 0. The fraction of sp³-hybridized carbons (Fsp3) is 0.143. The largest absolute Gasteiger partial charge is 0.244 e. The number of hydrogen-bond donors (Lipinski definition) is 1. The van der Waals surface area contributed by atoms with Gasteiger partial charge in [0.05, 0.1) is 0 Å². The quantitative estimate of drug-likeness (QED) is 0.942. The molecule has 7 heteroatoms. The molecule has 0 saturated carbocycles. The summed E-state index contributed by atoms with van der Waals surface area (Å²) in [5, 5.41) is 0. The molecule has 3 nitrogen and oxygen atoms in total. The summed E-state index contributed by atoms with van der Waals surface area (Å²) in [5.74, 6) is -2.55. The monoisotopic (exact) mass is 315 g/mol. The highest BCUT2D eigenvalue weighted by Gasteiger charge is 2.23. The van der Waals surface area contributed by atoms with Crippen LogP contribution in [0.3, 0.4) is 0 Å². The highest BCUT2D eigenvalue weighted by molar-refractivity contribution is 7.89. The summed E-state index contributed by atoms with van der Waals surface area (Å²) in [4.78, 5) is -0.528. The van der Waals surface area contributed by atoms with Crippen LogP contribution in [0.4, 0.5) is 13.2 Å². The van der Waals surface area contributed by atoms with Gasteiger partial charge >= 0.3 is 0 Å². The first-order valence-electron chi connectivity index (χ1n) is 6.03. The zero-order valence-corrected chi connectivity index (χ0v) is 11.8. The number of benzene rings is 2. The molecule has 0 amide bonds. The molecule has 2 aromatic carbocycles. The first-order valence-corrected chi connectivity index (χ1v) is 7.51. The van der Waals surface area contributed by atoms with E-state index in [0.29, 0.717) is 6.07 Å². The van der Waals surface area contributed by atoms with Crippen molar-refractivity contribution in [2.45, 2.75) is 17.9 Å². The minimum atomic E-state index is -4.15. The van der Waals surface area contributed by atoms with Gasteiger partial charge < -0.3 is 0 Å². The molecule has 0 bridgehead atoms. The molecule has 0 saturated heterocycles. The van der Waals surface area contributed by atoms with Crippen molar-refractivity contribution in [3.63, 3.8) is 0 Å². The molecule has 1 atom stereocenters. The predicted octanol–water partition coefficient (Wildman–Crippen LogP) is 3.14. The van der Waals surface area contributed by atoms with Gasteiger partial charge in [-0.1, -0.05) is 18.2 Å². The van der Waals surface area contributed by atoms with E-state index in [0.717, 1.165) is 24.3 Å². The molecule has 0 aliphatic rings. The molecule has 2 rings (SSSR count). The van der Waals surface area contributed by atoms with E-state index in [2.05, 4.69) is 4.72 Å². The molecular weight excluding hydrogens is 303 g/mol. The number of nitrogens with one attached hydrogen (secondary N) is 1. The highest BCUT2D eigenvalue weighted by atomic mass is 32.2. The molecule has 2 aromatic rings. The van der Waals surface area contributed by atoms with Gasteiger partial charge in [-0.05, 0) is 25.1 Å². The number of halogens is 3. The normalized spacial score (nSPS) is 13.1. The Hall–Kier alpha value is -1.86. The maximum absolute atomic E-state index is 13.6. The lowest BCUT2D eigenvalue weighted by atomic mass is 10.1. The summed E-state index contributed by atoms with van der Waals surface area (Å²) in [6, 6.07) is 6.69. The molecule has 0 heterocycles. The van der Waals surface area contributed by atoms with Crippen LogP contribution in [0.5, 0.6) is 0 Å². The molecule has 1 N–H and O–H groups in total. The topological polar surface area (TPSA) is 46.2 Å². The minimum absolute atomic E-state index is 0.0312. The van der Waals surface area contributed by atoms with Crippen molar-refractivity contribution in [2.24, 2.45) is 0 Å². The third kappa shape index (κ3) is 3.43. The molecule has 0 radical (unpaired) electrons. The maximum atomic E-state index is 13.6. The van der Waals surface area contributed by atoms with Gasteiger partial charge in [0, 0.05) is 17.7 Å². The first-order chi connectivity index (χ1) is 9.81. The Balaban J connectivity index is 2.30. The van der Waals surface area contributed by atoms with E-state index in [4.69, 9.17) is 0 Å². The van der Waals surface area contributed by atoms with Crippen LogP contribution in [0, 0.1) is 17.5 Å². The van der Waals surface area contributed by atoms with Crippen molar-refractivity contribution in [1.29, 1.82) is 0 Å². The Kier molecular flexibility index (Phi) is 4.34. The van der Waals surface area contributed by atoms with Gasteiger partial charge in [0.1, 0.15) is 22.3 Å². The second kappa shape index (κ2) is 5.87. The third-order valence-corrected chi connectivity index (χ3v) is 4.46. The standard InChI is InChI=1S/C14H12F3NO2S/c1-9(11-7-6-10(15)8-13(11)17)18-21(19,20)14-5-3-2-4-12(14)16/h2-9,18H,1H3/t9-/m0/s1. The fourth-order valence-electron chi connectivity index (χ4n) is 1.88. The molecule has 0 unspecified atom stereocenters. The van der Waals surface area contributed by atoms with Crippen LogP contribution >= 0.6 is 0 Å². The predicted molar refractivity (Wildman–Crippen MR) is 71.5 cm³/mol. The second-order valence-electron chi connectivity index (χ2n) is 4.44. The van der Waals surface area contributed by atoms with Crippen molar-refractivity contribution in [3.8, 4) is 0 Å². The van der Waals surface area contributed by atoms with Gasteiger partial charge in [-0.3, -0.25) is 0 Å². The molecule has 0 aliphatic heterocycles. The molecule has 0 spiro atoms. The van der Waals surface area contributed by atoms with Crippen LogP contribution in [0.25, 0.3) is 0 Å². The number of sulfonamides is 1. The molecule has 0 aromatic heterocycles. The number of rotatable bonds is 4. The summed E-state index contributed by atoms with van der Waals surface area (Å²) in [6.07, 6.45) is 0. The molecular formula is C14H12F3NO2S. The average Bonchev–Trinajstić information content (AvgIpc) is 2.38. The second-order valence-corrected chi connectivity index (χ2v) is 6.12.